The minimum absolute atomic E-state index is 0.0959. The van der Waals surface area contributed by atoms with Crippen LogP contribution in [0.25, 0.3) is 16.5 Å². The molecule has 1 aromatic carbocycles. The number of carbonyl (C=O) groups is 1. The first-order valence-electron chi connectivity index (χ1n) is 10.4. The summed E-state index contributed by atoms with van der Waals surface area (Å²) in [4.78, 5) is 16.7. The maximum absolute atomic E-state index is 13.9. The summed E-state index contributed by atoms with van der Waals surface area (Å²) in [5.74, 6) is -0.324. The lowest BCUT2D eigenvalue weighted by Crippen LogP contribution is -2.33. The van der Waals surface area contributed by atoms with Crippen LogP contribution in [0, 0.1) is 5.82 Å². The van der Waals surface area contributed by atoms with Gasteiger partial charge in [0.2, 0.25) is 5.75 Å². The number of furan rings is 1. The van der Waals surface area contributed by atoms with Crippen molar-refractivity contribution < 1.29 is 23.4 Å². The lowest BCUT2D eigenvalue weighted by Gasteiger charge is -2.23. The summed E-state index contributed by atoms with van der Waals surface area (Å²) in [6.07, 6.45) is 3.82. The molecule has 182 valence electrons. The molecule has 2 aromatic heterocycles. The number of rotatable bonds is 4. The monoisotopic (exact) mass is 510 g/mol. The third kappa shape index (κ3) is 5.22. The molecular formula is C23H25Cl2FN4O4. The van der Waals surface area contributed by atoms with Gasteiger partial charge in [-0.2, -0.15) is 0 Å². The van der Waals surface area contributed by atoms with Gasteiger partial charge in [0.05, 0.1) is 16.7 Å². The number of hydrogen-bond acceptors (Lipinski definition) is 6. The van der Waals surface area contributed by atoms with Gasteiger partial charge >= 0.3 is 6.09 Å². The molecule has 8 nitrogen and oxygen atoms in total. The molecule has 0 fully saturated rings. The van der Waals surface area contributed by atoms with E-state index >= 15 is 0 Å². The molecule has 0 radical (unpaired) electrons. The van der Waals surface area contributed by atoms with Gasteiger partial charge in [0, 0.05) is 35.4 Å². The predicted molar refractivity (Wildman–Crippen MR) is 131 cm³/mol. The normalized spacial score (nSPS) is 14.3. The molecule has 0 spiro atoms. The summed E-state index contributed by atoms with van der Waals surface area (Å²) in [6, 6.07) is 2.58. The molecule has 3 aromatic rings. The number of carboxylic acid groups (broad SMARTS) is 1. The van der Waals surface area contributed by atoms with Crippen LogP contribution < -0.4 is 15.8 Å². The summed E-state index contributed by atoms with van der Waals surface area (Å²) >= 11 is 12.3. The van der Waals surface area contributed by atoms with Gasteiger partial charge in [0.1, 0.15) is 11.9 Å². The van der Waals surface area contributed by atoms with Gasteiger partial charge < -0.3 is 30.2 Å². The van der Waals surface area contributed by atoms with Crippen molar-refractivity contribution in [2.24, 2.45) is 0 Å². The number of nitrogens with two attached hydrogens (primary N) is 1. The first-order chi connectivity index (χ1) is 16.2. The van der Waals surface area contributed by atoms with E-state index in [2.05, 4.69) is 10.3 Å². The highest BCUT2D eigenvalue weighted by Crippen LogP contribution is 2.41. The number of pyridine rings is 1. The smallest absolute Gasteiger partial charge is 0.407 e. The van der Waals surface area contributed by atoms with E-state index in [0.717, 1.165) is 11.1 Å². The van der Waals surface area contributed by atoms with Crippen molar-refractivity contribution in [2.45, 2.75) is 19.4 Å². The maximum Gasteiger partial charge on any atom is 0.407 e. The van der Waals surface area contributed by atoms with Crippen molar-refractivity contribution in [3.05, 3.63) is 57.7 Å². The Morgan fingerprint density at radius 3 is 2.71 bits per heavy atom. The van der Waals surface area contributed by atoms with Crippen molar-refractivity contribution in [3.63, 3.8) is 0 Å². The molecule has 1 amide bonds. The van der Waals surface area contributed by atoms with Crippen LogP contribution in [-0.2, 0) is 0 Å². The number of amides is 1. The Balaban J connectivity index is 0.00000103. The van der Waals surface area contributed by atoms with Crippen LogP contribution >= 0.6 is 23.2 Å². The molecule has 1 aliphatic heterocycles. The average Bonchev–Trinajstić information content (AvgIpc) is 3.23. The SMILES string of the molecule is CNC.C[C@@H](Oc1c(N)ncc2c(C3=CCN(C(=O)O)CC3)coc12)c1c(Cl)ccc(F)c1Cl. The summed E-state index contributed by atoms with van der Waals surface area (Å²) in [6.45, 7) is 2.34. The van der Waals surface area contributed by atoms with Crippen molar-refractivity contribution in [2.75, 3.05) is 32.9 Å². The lowest BCUT2D eigenvalue weighted by atomic mass is 9.99. The van der Waals surface area contributed by atoms with E-state index in [-0.39, 0.29) is 33.7 Å². The highest BCUT2D eigenvalue weighted by atomic mass is 35.5. The second-order valence-electron chi connectivity index (χ2n) is 7.59. The van der Waals surface area contributed by atoms with E-state index < -0.39 is 18.0 Å². The Bertz CT molecular complexity index is 1230. The van der Waals surface area contributed by atoms with Crippen LogP contribution in [0.4, 0.5) is 15.0 Å². The van der Waals surface area contributed by atoms with Crippen LogP contribution in [0.3, 0.4) is 0 Å². The molecule has 0 unspecified atom stereocenters. The van der Waals surface area contributed by atoms with Crippen LogP contribution in [0.2, 0.25) is 10.0 Å². The van der Waals surface area contributed by atoms with Crippen LogP contribution in [0.15, 0.2) is 35.1 Å². The Labute approximate surface area is 206 Å². The largest absolute Gasteiger partial charge is 0.478 e. The molecule has 0 saturated carbocycles. The van der Waals surface area contributed by atoms with E-state index in [0.29, 0.717) is 23.9 Å². The molecule has 1 aliphatic rings. The third-order valence-electron chi connectivity index (χ3n) is 5.21. The Hall–Kier alpha value is -3.01. The zero-order valence-electron chi connectivity index (χ0n) is 18.9. The number of nitrogens with zero attached hydrogens (tertiary/aromatic N) is 2. The van der Waals surface area contributed by atoms with Crippen LogP contribution in [0.1, 0.15) is 30.6 Å². The summed E-state index contributed by atoms with van der Waals surface area (Å²) in [5.41, 5.74) is 8.42. The number of anilines is 1. The number of halogens is 3. The molecule has 4 N–H and O–H groups in total. The van der Waals surface area contributed by atoms with Crippen LogP contribution in [0.5, 0.6) is 5.75 Å². The molecule has 3 heterocycles. The first-order valence-corrected chi connectivity index (χ1v) is 11.2. The van der Waals surface area contributed by atoms with Gasteiger partial charge in [0.25, 0.3) is 0 Å². The second kappa shape index (κ2) is 10.9. The number of benzene rings is 1. The van der Waals surface area contributed by atoms with E-state index in [1.54, 1.807) is 19.4 Å². The van der Waals surface area contributed by atoms with Crippen LogP contribution in [-0.4, -0.2) is 48.3 Å². The molecule has 1 atom stereocenters. The zero-order chi connectivity index (χ0) is 25.0. The number of nitrogen functional groups attached to an aromatic ring is 1. The molecule has 34 heavy (non-hydrogen) atoms. The first kappa shape index (κ1) is 25.6. The number of ether oxygens (including phenoxy) is 1. The van der Waals surface area contributed by atoms with E-state index in [4.69, 9.17) is 43.2 Å². The van der Waals surface area contributed by atoms with Crippen molar-refractivity contribution >= 4 is 51.7 Å². The number of fused-ring (bicyclic) bond motifs is 1. The Morgan fingerprint density at radius 2 is 2.09 bits per heavy atom. The van der Waals surface area contributed by atoms with Gasteiger partial charge in [-0.15, -0.1) is 0 Å². The van der Waals surface area contributed by atoms with Crippen molar-refractivity contribution in [3.8, 4) is 5.75 Å². The predicted octanol–water partition coefficient (Wildman–Crippen LogP) is 5.60. The standard InChI is InChI=1S/C21H18Cl2FN3O4.C2H7N/c1-10(16-14(22)2-3-15(24)17(16)23)31-19-18-12(8-26-20(19)25)13(9-30-18)11-4-6-27(7-5-11)21(28)29;1-3-2/h2-4,8-10H,5-7H2,1H3,(H2,25,26)(H,28,29);3H,1-2H3/t10-;/m1./s1. The fourth-order valence-electron chi connectivity index (χ4n) is 3.58. The fraction of sp³-hybridized carbons (Fsp3) is 0.304. The Morgan fingerprint density at radius 1 is 1.38 bits per heavy atom. The molecule has 0 bridgehead atoms. The fourth-order valence-corrected chi connectivity index (χ4v) is 4.26. The molecule has 11 heteroatoms. The van der Waals surface area contributed by atoms with Gasteiger partial charge in [-0.05, 0) is 45.1 Å². The average molecular weight is 511 g/mol. The summed E-state index contributed by atoms with van der Waals surface area (Å²) < 4.78 is 25.7. The second-order valence-corrected chi connectivity index (χ2v) is 8.37. The van der Waals surface area contributed by atoms with E-state index in [9.17, 15) is 9.18 Å². The number of aromatic nitrogens is 1. The van der Waals surface area contributed by atoms with Gasteiger partial charge in [0.15, 0.2) is 11.4 Å². The molecular weight excluding hydrogens is 486 g/mol. The highest BCUT2D eigenvalue weighted by Gasteiger charge is 2.24. The van der Waals surface area contributed by atoms with Gasteiger partial charge in [-0.1, -0.05) is 29.3 Å². The minimum atomic E-state index is -0.957. The quantitative estimate of drug-likeness (QED) is 0.391. The summed E-state index contributed by atoms with van der Waals surface area (Å²) in [5, 5.41) is 12.7. The van der Waals surface area contributed by atoms with E-state index in [1.807, 2.05) is 20.2 Å². The molecule has 4 rings (SSSR count). The van der Waals surface area contributed by atoms with Crippen molar-refractivity contribution in [1.29, 1.82) is 0 Å². The lowest BCUT2D eigenvalue weighted by molar-refractivity contribution is 0.150. The topological polar surface area (TPSA) is 114 Å². The zero-order valence-corrected chi connectivity index (χ0v) is 20.4. The third-order valence-corrected chi connectivity index (χ3v) is 5.92. The van der Waals surface area contributed by atoms with E-state index in [1.165, 1.54) is 17.0 Å². The number of hydrogen-bond donors (Lipinski definition) is 3. The van der Waals surface area contributed by atoms with Gasteiger partial charge in [-0.3, -0.25) is 0 Å². The molecule has 0 aliphatic carbocycles. The van der Waals surface area contributed by atoms with Gasteiger partial charge in [-0.25, -0.2) is 14.2 Å². The number of nitrogens with one attached hydrogen (secondary N) is 1. The molecule has 0 saturated heterocycles. The highest BCUT2D eigenvalue weighted by molar-refractivity contribution is 6.36. The maximum atomic E-state index is 13.9. The van der Waals surface area contributed by atoms with Crippen molar-refractivity contribution in [1.82, 2.24) is 15.2 Å². The summed E-state index contributed by atoms with van der Waals surface area (Å²) in [7, 11) is 3.75. The minimum Gasteiger partial charge on any atom is -0.478 e. The Kier molecular flexibility index (Phi) is 8.24.